The fourth-order valence-corrected chi connectivity index (χ4v) is 2.65. The first-order chi connectivity index (χ1) is 11.7. The van der Waals surface area contributed by atoms with E-state index in [9.17, 15) is 9.18 Å². The third kappa shape index (κ3) is 4.45. The average molecular weight is 357 g/mol. The van der Waals surface area contributed by atoms with Crippen molar-refractivity contribution in [1.29, 1.82) is 0 Å². The molecule has 0 saturated carbocycles. The Morgan fingerprint density at radius 2 is 2.08 bits per heavy atom. The number of benzene rings is 1. The molecule has 0 spiro atoms. The molecule has 5 nitrogen and oxygen atoms in total. The molecule has 7 heteroatoms. The van der Waals surface area contributed by atoms with Crippen molar-refractivity contribution in [3.8, 4) is 5.75 Å². The highest BCUT2D eigenvalue weighted by Gasteiger charge is 2.16. The van der Waals surface area contributed by atoms with Crippen molar-refractivity contribution in [3.05, 3.63) is 34.1 Å². The van der Waals surface area contributed by atoms with E-state index in [0.29, 0.717) is 24.1 Å². The van der Waals surface area contributed by atoms with Crippen LogP contribution in [-0.2, 0) is 10.6 Å². The zero-order valence-electron chi connectivity index (χ0n) is 13.9. The van der Waals surface area contributed by atoms with Gasteiger partial charge in [-0.1, -0.05) is 13.8 Å². The molecule has 1 aromatic heterocycles. The summed E-state index contributed by atoms with van der Waals surface area (Å²) in [6.45, 7) is 5.96. The van der Waals surface area contributed by atoms with Gasteiger partial charge in [0.15, 0.2) is 0 Å². The third-order valence-corrected chi connectivity index (χ3v) is 3.99. The van der Waals surface area contributed by atoms with Gasteiger partial charge in [0.05, 0.1) is 18.0 Å². The zero-order valence-corrected chi connectivity index (χ0v) is 14.7. The highest BCUT2D eigenvalue weighted by Crippen LogP contribution is 2.23. The highest BCUT2D eigenvalue weighted by molar-refractivity contribution is 6.16. The molecule has 0 unspecified atom stereocenters. The van der Waals surface area contributed by atoms with E-state index in [0.717, 1.165) is 26.1 Å². The summed E-state index contributed by atoms with van der Waals surface area (Å²) in [7, 11) is 0. The minimum Gasteiger partial charge on any atom is -0.493 e. The largest absolute Gasteiger partial charge is 0.493 e. The molecule has 0 radical (unpaired) electrons. The van der Waals surface area contributed by atoms with Crippen LogP contribution in [0.15, 0.2) is 16.9 Å². The van der Waals surface area contributed by atoms with Gasteiger partial charge in [0.2, 0.25) is 0 Å². The molecule has 0 atom stereocenters. The second-order valence-corrected chi connectivity index (χ2v) is 5.58. The molecular formula is C17H22ClFN2O3. The molecule has 1 N–H and O–H groups in total. The van der Waals surface area contributed by atoms with E-state index in [2.05, 4.69) is 9.97 Å². The number of H-pyrrole nitrogens is 1. The molecule has 0 bridgehead atoms. The molecule has 3 rings (SSSR count). The summed E-state index contributed by atoms with van der Waals surface area (Å²) in [6.07, 6.45) is 1.87. The summed E-state index contributed by atoms with van der Waals surface area (Å²) in [4.78, 5) is 18.4. The van der Waals surface area contributed by atoms with Crippen molar-refractivity contribution < 1.29 is 13.9 Å². The Morgan fingerprint density at radius 3 is 2.75 bits per heavy atom. The van der Waals surface area contributed by atoms with Gasteiger partial charge in [-0.15, -0.1) is 11.6 Å². The lowest BCUT2D eigenvalue weighted by molar-refractivity contribution is 0.0497. The fraction of sp³-hybridized carbons (Fsp3) is 0.529. The minimum atomic E-state index is -0.644. The standard InChI is InChI=1S/C15H16ClFN2O3.C2H6/c16-7-13-18-12-6-10(5-11(17)14(12)15(20)19-13)22-8-9-1-3-21-4-2-9;1-2/h5-6,9H,1-4,7-8H2,(H,18,19,20);1-2H3. The maximum Gasteiger partial charge on any atom is 0.261 e. The normalized spacial score (nSPS) is 15.0. The van der Waals surface area contributed by atoms with Gasteiger partial charge in [-0.25, -0.2) is 9.37 Å². The number of aromatic nitrogens is 2. The molecule has 1 saturated heterocycles. The Bertz CT molecular complexity index is 730. The first-order valence-corrected chi connectivity index (χ1v) is 8.70. The van der Waals surface area contributed by atoms with Crippen LogP contribution in [0.5, 0.6) is 5.75 Å². The molecule has 132 valence electrons. The van der Waals surface area contributed by atoms with Crippen LogP contribution < -0.4 is 10.3 Å². The Hall–Kier alpha value is -1.66. The number of alkyl halides is 1. The Morgan fingerprint density at radius 1 is 1.38 bits per heavy atom. The smallest absolute Gasteiger partial charge is 0.261 e. The van der Waals surface area contributed by atoms with E-state index in [4.69, 9.17) is 21.1 Å². The van der Waals surface area contributed by atoms with Crippen LogP contribution in [0.3, 0.4) is 0 Å². The second-order valence-electron chi connectivity index (χ2n) is 5.31. The van der Waals surface area contributed by atoms with E-state index in [-0.39, 0.29) is 16.8 Å². The third-order valence-electron chi connectivity index (χ3n) is 3.74. The van der Waals surface area contributed by atoms with Crippen molar-refractivity contribution in [2.75, 3.05) is 19.8 Å². The maximum absolute atomic E-state index is 14.1. The number of rotatable bonds is 4. The number of nitrogens with one attached hydrogen (secondary N) is 1. The van der Waals surface area contributed by atoms with Crippen LogP contribution in [0.4, 0.5) is 4.39 Å². The number of hydrogen-bond acceptors (Lipinski definition) is 4. The summed E-state index contributed by atoms with van der Waals surface area (Å²) in [6, 6.07) is 2.79. The van der Waals surface area contributed by atoms with E-state index < -0.39 is 11.4 Å². The lowest BCUT2D eigenvalue weighted by Gasteiger charge is -2.22. The van der Waals surface area contributed by atoms with Crippen LogP contribution >= 0.6 is 11.6 Å². The van der Waals surface area contributed by atoms with Crippen LogP contribution in [0.25, 0.3) is 10.9 Å². The monoisotopic (exact) mass is 356 g/mol. The Labute approximate surface area is 145 Å². The van der Waals surface area contributed by atoms with Gasteiger partial charge in [-0.2, -0.15) is 0 Å². The quantitative estimate of drug-likeness (QED) is 0.849. The molecule has 0 aliphatic carbocycles. The Balaban J connectivity index is 0.00000100. The predicted molar refractivity (Wildman–Crippen MR) is 92.3 cm³/mol. The van der Waals surface area contributed by atoms with Gasteiger partial charge in [0, 0.05) is 25.3 Å². The van der Waals surface area contributed by atoms with Crippen LogP contribution in [0.2, 0.25) is 0 Å². The SMILES string of the molecule is CC.O=c1[nH]c(CCl)nc2cc(OCC3CCOCC3)cc(F)c12. The molecule has 1 aliphatic heterocycles. The van der Waals surface area contributed by atoms with Gasteiger partial charge in [0.1, 0.15) is 22.8 Å². The number of hydrogen-bond donors (Lipinski definition) is 1. The second kappa shape index (κ2) is 8.99. The number of ether oxygens (including phenoxy) is 2. The highest BCUT2D eigenvalue weighted by atomic mass is 35.5. The van der Waals surface area contributed by atoms with Gasteiger partial charge >= 0.3 is 0 Å². The van der Waals surface area contributed by atoms with Crippen LogP contribution in [-0.4, -0.2) is 29.8 Å². The first-order valence-electron chi connectivity index (χ1n) is 8.16. The molecule has 2 heterocycles. The molecule has 24 heavy (non-hydrogen) atoms. The van der Waals surface area contributed by atoms with Crippen molar-refractivity contribution in [2.45, 2.75) is 32.6 Å². The van der Waals surface area contributed by atoms with Crippen LogP contribution in [0.1, 0.15) is 32.5 Å². The topological polar surface area (TPSA) is 64.2 Å². The minimum absolute atomic E-state index is 0.0555. The van der Waals surface area contributed by atoms with Crippen molar-refractivity contribution >= 4 is 22.5 Å². The van der Waals surface area contributed by atoms with Crippen molar-refractivity contribution in [2.24, 2.45) is 5.92 Å². The fourth-order valence-electron chi connectivity index (χ4n) is 2.52. The van der Waals surface area contributed by atoms with Crippen LogP contribution in [0, 0.1) is 11.7 Å². The number of fused-ring (bicyclic) bond motifs is 1. The van der Waals surface area contributed by atoms with Gasteiger partial charge in [-0.05, 0) is 18.8 Å². The summed E-state index contributed by atoms with van der Waals surface area (Å²) in [5.41, 5.74) is -0.282. The molecular weight excluding hydrogens is 335 g/mol. The molecule has 1 fully saturated rings. The summed E-state index contributed by atoms with van der Waals surface area (Å²) < 4.78 is 25.1. The lowest BCUT2D eigenvalue weighted by Crippen LogP contribution is -2.21. The van der Waals surface area contributed by atoms with Gasteiger partial charge < -0.3 is 14.5 Å². The van der Waals surface area contributed by atoms with E-state index in [1.54, 1.807) is 6.07 Å². The molecule has 1 aliphatic rings. The van der Waals surface area contributed by atoms with E-state index >= 15 is 0 Å². The molecule has 1 aromatic carbocycles. The van der Waals surface area contributed by atoms with Crippen molar-refractivity contribution in [1.82, 2.24) is 9.97 Å². The number of halogens is 2. The molecule has 2 aromatic rings. The summed E-state index contributed by atoms with van der Waals surface area (Å²) >= 11 is 5.67. The summed E-state index contributed by atoms with van der Waals surface area (Å²) in [5, 5.41) is -0.0766. The maximum atomic E-state index is 14.1. The molecule has 0 amide bonds. The predicted octanol–water partition coefficient (Wildman–Crippen LogP) is 3.63. The van der Waals surface area contributed by atoms with E-state index in [1.807, 2.05) is 13.8 Å². The van der Waals surface area contributed by atoms with Crippen molar-refractivity contribution in [3.63, 3.8) is 0 Å². The lowest BCUT2D eigenvalue weighted by atomic mass is 10.0. The zero-order chi connectivity index (χ0) is 17.5. The number of nitrogens with zero attached hydrogens (tertiary/aromatic N) is 1. The average Bonchev–Trinajstić information content (AvgIpc) is 2.62. The van der Waals surface area contributed by atoms with Gasteiger partial charge in [-0.3, -0.25) is 4.79 Å². The van der Waals surface area contributed by atoms with E-state index in [1.165, 1.54) is 6.07 Å². The number of aromatic amines is 1. The Kier molecular flexibility index (Phi) is 6.99. The van der Waals surface area contributed by atoms with Gasteiger partial charge in [0.25, 0.3) is 5.56 Å². The first kappa shape index (κ1) is 18.7. The summed E-state index contributed by atoms with van der Waals surface area (Å²) in [5.74, 6) is 0.489.